The lowest BCUT2D eigenvalue weighted by atomic mass is 10.1. The van der Waals surface area contributed by atoms with Crippen LogP contribution in [-0.4, -0.2) is 18.1 Å². The van der Waals surface area contributed by atoms with Gasteiger partial charge in [0.2, 0.25) is 5.88 Å². The van der Waals surface area contributed by atoms with Crippen molar-refractivity contribution in [1.82, 2.24) is 10.3 Å². The van der Waals surface area contributed by atoms with E-state index in [9.17, 15) is 0 Å². The van der Waals surface area contributed by atoms with Crippen molar-refractivity contribution in [3.8, 4) is 5.88 Å². The molecule has 1 rings (SSSR count). The van der Waals surface area contributed by atoms with Crippen molar-refractivity contribution in [3.05, 3.63) is 23.4 Å². The van der Waals surface area contributed by atoms with Crippen molar-refractivity contribution in [2.24, 2.45) is 5.92 Å². The van der Waals surface area contributed by atoms with Crippen LogP contribution in [0.15, 0.2) is 12.1 Å². The van der Waals surface area contributed by atoms with Crippen molar-refractivity contribution in [1.29, 1.82) is 0 Å². The van der Waals surface area contributed by atoms with Crippen LogP contribution in [-0.2, 0) is 6.54 Å². The van der Waals surface area contributed by atoms with Crippen molar-refractivity contribution in [3.63, 3.8) is 0 Å². The van der Waals surface area contributed by atoms with E-state index >= 15 is 0 Å². The number of aromatic nitrogens is 1. The molecule has 1 heterocycles. The largest absolute Gasteiger partial charge is 0.478 e. The third kappa shape index (κ3) is 6.06. The molecule has 0 bridgehead atoms. The third-order valence-electron chi connectivity index (χ3n) is 2.81. The molecule has 108 valence electrons. The zero-order valence-corrected chi connectivity index (χ0v) is 13.0. The van der Waals surface area contributed by atoms with Gasteiger partial charge in [0.05, 0.1) is 6.61 Å². The van der Waals surface area contributed by atoms with Crippen molar-refractivity contribution >= 4 is 0 Å². The molecule has 3 heteroatoms. The van der Waals surface area contributed by atoms with Crippen LogP contribution in [0, 0.1) is 5.92 Å². The highest BCUT2D eigenvalue weighted by atomic mass is 16.5. The van der Waals surface area contributed by atoms with Gasteiger partial charge in [-0.25, -0.2) is 4.98 Å². The standard InChI is InChI=1S/C16H28N2O/c1-6-7-19-16-9-14(11-17-10-12(2)3)8-15(18-16)13(4)5/h8-9,12-13,17H,6-7,10-11H2,1-5H3. The molecule has 0 unspecified atom stereocenters. The number of rotatable bonds is 8. The van der Waals surface area contributed by atoms with E-state index in [4.69, 9.17) is 4.74 Å². The van der Waals surface area contributed by atoms with Crippen LogP contribution in [0.5, 0.6) is 5.88 Å². The SMILES string of the molecule is CCCOc1cc(CNCC(C)C)cc(C(C)C)n1. The Morgan fingerprint density at radius 3 is 2.53 bits per heavy atom. The van der Waals surface area contributed by atoms with Gasteiger partial charge in [0, 0.05) is 18.3 Å². The maximum atomic E-state index is 5.68. The molecule has 0 aliphatic carbocycles. The summed E-state index contributed by atoms with van der Waals surface area (Å²) < 4.78 is 5.68. The van der Waals surface area contributed by atoms with Crippen LogP contribution in [0.1, 0.15) is 58.2 Å². The first-order valence-corrected chi connectivity index (χ1v) is 7.37. The molecule has 3 nitrogen and oxygen atoms in total. The average Bonchev–Trinajstić information content (AvgIpc) is 2.35. The first kappa shape index (κ1) is 16.0. The van der Waals surface area contributed by atoms with E-state index < -0.39 is 0 Å². The van der Waals surface area contributed by atoms with Gasteiger partial charge in [-0.15, -0.1) is 0 Å². The van der Waals surface area contributed by atoms with Crippen molar-refractivity contribution in [2.45, 2.75) is 53.5 Å². The Balaban J connectivity index is 2.74. The Bertz CT molecular complexity index is 375. The highest BCUT2D eigenvalue weighted by Crippen LogP contribution is 2.19. The molecular formula is C16H28N2O. The Morgan fingerprint density at radius 1 is 1.21 bits per heavy atom. The van der Waals surface area contributed by atoms with Crippen LogP contribution in [0.3, 0.4) is 0 Å². The van der Waals surface area contributed by atoms with E-state index in [2.05, 4.69) is 57.1 Å². The Hall–Kier alpha value is -1.09. The summed E-state index contributed by atoms with van der Waals surface area (Å²) in [5.74, 6) is 1.85. The maximum absolute atomic E-state index is 5.68. The van der Waals surface area contributed by atoms with Crippen LogP contribution < -0.4 is 10.1 Å². The van der Waals surface area contributed by atoms with Gasteiger partial charge in [-0.3, -0.25) is 0 Å². The lowest BCUT2D eigenvalue weighted by molar-refractivity contribution is 0.303. The molecule has 1 N–H and O–H groups in total. The second-order valence-corrected chi connectivity index (χ2v) is 5.77. The number of nitrogens with one attached hydrogen (secondary N) is 1. The fraction of sp³-hybridized carbons (Fsp3) is 0.688. The summed E-state index contributed by atoms with van der Waals surface area (Å²) in [5, 5.41) is 3.47. The van der Waals surface area contributed by atoms with Gasteiger partial charge in [0.15, 0.2) is 0 Å². The number of nitrogens with zero attached hydrogens (tertiary/aromatic N) is 1. The number of ether oxygens (including phenoxy) is 1. The van der Waals surface area contributed by atoms with Gasteiger partial charge in [-0.05, 0) is 36.4 Å². The summed E-state index contributed by atoms with van der Waals surface area (Å²) >= 11 is 0. The van der Waals surface area contributed by atoms with E-state index in [1.54, 1.807) is 0 Å². The summed E-state index contributed by atoms with van der Waals surface area (Å²) in [7, 11) is 0. The van der Waals surface area contributed by atoms with Crippen LogP contribution in [0.2, 0.25) is 0 Å². The minimum Gasteiger partial charge on any atom is -0.478 e. The molecule has 1 aromatic rings. The lowest BCUT2D eigenvalue weighted by Crippen LogP contribution is -2.19. The summed E-state index contributed by atoms with van der Waals surface area (Å²) in [6, 6.07) is 4.23. The van der Waals surface area contributed by atoms with Gasteiger partial charge < -0.3 is 10.1 Å². The minimum atomic E-state index is 0.425. The molecule has 19 heavy (non-hydrogen) atoms. The molecule has 0 amide bonds. The van der Waals surface area contributed by atoms with Gasteiger partial charge in [-0.2, -0.15) is 0 Å². The number of hydrogen-bond donors (Lipinski definition) is 1. The quantitative estimate of drug-likeness (QED) is 0.776. The van der Waals surface area contributed by atoms with Gasteiger partial charge in [0.25, 0.3) is 0 Å². The fourth-order valence-electron chi connectivity index (χ4n) is 1.77. The van der Waals surface area contributed by atoms with E-state index in [0.29, 0.717) is 11.8 Å². The van der Waals surface area contributed by atoms with Crippen molar-refractivity contribution < 1.29 is 4.74 Å². The highest BCUT2D eigenvalue weighted by molar-refractivity contribution is 5.26. The average molecular weight is 264 g/mol. The molecular weight excluding hydrogens is 236 g/mol. The third-order valence-corrected chi connectivity index (χ3v) is 2.81. The first-order chi connectivity index (χ1) is 9.02. The fourth-order valence-corrected chi connectivity index (χ4v) is 1.77. The topological polar surface area (TPSA) is 34.1 Å². The molecule has 0 spiro atoms. The zero-order valence-electron chi connectivity index (χ0n) is 13.0. The minimum absolute atomic E-state index is 0.425. The van der Waals surface area contributed by atoms with E-state index in [-0.39, 0.29) is 0 Å². The smallest absolute Gasteiger partial charge is 0.213 e. The molecule has 0 saturated carbocycles. The molecule has 0 saturated heterocycles. The molecule has 0 atom stereocenters. The summed E-state index contributed by atoms with van der Waals surface area (Å²) in [5.41, 5.74) is 2.36. The van der Waals surface area contributed by atoms with E-state index in [1.165, 1.54) is 5.56 Å². The van der Waals surface area contributed by atoms with Gasteiger partial charge in [0.1, 0.15) is 0 Å². The molecule has 0 aliphatic rings. The number of hydrogen-bond acceptors (Lipinski definition) is 3. The second kappa shape index (κ2) is 8.16. The maximum Gasteiger partial charge on any atom is 0.213 e. The molecule has 0 fully saturated rings. The highest BCUT2D eigenvalue weighted by Gasteiger charge is 2.07. The Kier molecular flexibility index (Phi) is 6.85. The summed E-state index contributed by atoms with van der Waals surface area (Å²) in [6.45, 7) is 13.5. The van der Waals surface area contributed by atoms with Gasteiger partial charge >= 0.3 is 0 Å². The predicted octanol–water partition coefficient (Wildman–Crippen LogP) is 3.74. The monoisotopic (exact) mass is 264 g/mol. The predicted molar refractivity (Wildman–Crippen MR) is 80.7 cm³/mol. The summed E-state index contributed by atoms with van der Waals surface area (Å²) in [4.78, 5) is 4.56. The van der Waals surface area contributed by atoms with E-state index in [0.717, 1.165) is 37.7 Å². The Labute approximate surface area is 117 Å². The molecule has 1 aromatic heterocycles. The summed E-state index contributed by atoms with van der Waals surface area (Å²) in [6.07, 6.45) is 1.01. The van der Waals surface area contributed by atoms with Crippen molar-refractivity contribution in [2.75, 3.05) is 13.2 Å². The van der Waals surface area contributed by atoms with Crippen LogP contribution in [0.25, 0.3) is 0 Å². The lowest BCUT2D eigenvalue weighted by Gasteiger charge is -2.13. The normalized spacial score (nSPS) is 11.3. The second-order valence-electron chi connectivity index (χ2n) is 5.77. The molecule has 0 aliphatic heterocycles. The molecule has 0 radical (unpaired) electrons. The van der Waals surface area contributed by atoms with E-state index in [1.807, 2.05) is 0 Å². The number of pyridine rings is 1. The van der Waals surface area contributed by atoms with Crippen LogP contribution in [0.4, 0.5) is 0 Å². The molecule has 0 aromatic carbocycles. The van der Waals surface area contributed by atoms with Crippen LogP contribution >= 0.6 is 0 Å². The van der Waals surface area contributed by atoms with Gasteiger partial charge in [-0.1, -0.05) is 34.6 Å². The Morgan fingerprint density at radius 2 is 1.95 bits per heavy atom. The zero-order chi connectivity index (χ0) is 14.3. The first-order valence-electron chi connectivity index (χ1n) is 7.37.